The number of hydrogen-bond donors (Lipinski definition) is 1. The third-order valence-corrected chi connectivity index (χ3v) is 3.03. The van der Waals surface area contributed by atoms with Gasteiger partial charge in [-0.1, -0.05) is 0 Å². The van der Waals surface area contributed by atoms with Crippen LogP contribution in [0.5, 0.6) is 0 Å². The van der Waals surface area contributed by atoms with Gasteiger partial charge >= 0.3 is 0 Å². The first-order valence-electron chi connectivity index (χ1n) is 5.37. The average Bonchev–Trinajstić information content (AvgIpc) is 2.86. The number of nitriles is 1. The molecule has 0 bridgehead atoms. The van der Waals surface area contributed by atoms with E-state index in [0.717, 1.165) is 12.2 Å². The van der Waals surface area contributed by atoms with E-state index in [1.807, 2.05) is 19.4 Å². The zero-order valence-corrected chi connectivity index (χ0v) is 10.9. The molecule has 0 aliphatic rings. The molecule has 2 rings (SSSR count). The van der Waals surface area contributed by atoms with Gasteiger partial charge < -0.3 is 5.32 Å². The smallest absolute Gasteiger partial charge is 0.153 e. The third-order valence-electron chi connectivity index (χ3n) is 2.34. The number of anilines is 2. The maximum absolute atomic E-state index is 9.16. The molecule has 7 heteroatoms. The highest BCUT2D eigenvalue weighted by atomic mass is 32.2. The van der Waals surface area contributed by atoms with Crippen LogP contribution in [0.1, 0.15) is 12.5 Å². The van der Waals surface area contributed by atoms with Crippen LogP contribution < -0.4 is 5.32 Å². The van der Waals surface area contributed by atoms with E-state index in [-0.39, 0.29) is 0 Å². The largest absolute Gasteiger partial charge is 0.336 e. The zero-order valence-electron chi connectivity index (χ0n) is 10.1. The van der Waals surface area contributed by atoms with Crippen molar-refractivity contribution < 1.29 is 0 Å². The van der Waals surface area contributed by atoms with Gasteiger partial charge in [0.1, 0.15) is 23.0 Å². The number of aromatic nitrogens is 4. The van der Waals surface area contributed by atoms with Gasteiger partial charge in [-0.15, -0.1) is 11.8 Å². The van der Waals surface area contributed by atoms with Crippen LogP contribution in [0.15, 0.2) is 23.7 Å². The molecule has 6 nitrogen and oxygen atoms in total. The number of nitrogens with one attached hydrogen (secondary N) is 1. The number of hydrogen-bond acceptors (Lipinski definition) is 6. The van der Waals surface area contributed by atoms with Gasteiger partial charge in [0, 0.05) is 12.7 Å². The lowest BCUT2D eigenvalue weighted by atomic mass is 10.3. The van der Waals surface area contributed by atoms with Crippen molar-refractivity contribution in [2.75, 3.05) is 11.6 Å². The van der Waals surface area contributed by atoms with Crippen LogP contribution in [-0.4, -0.2) is 26.0 Å². The third kappa shape index (κ3) is 2.43. The van der Waals surface area contributed by atoms with E-state index in [0.29, 0.717) is 16.4 Å². The van der Waals surface area contributed by atoms with Crippen molar-refractivity contribution in [1.82, 2.24) is 19.7 Å². The summed E-state index contributed by atoms with van der Waals surface area (Å²) in [6.07, 6.45) is 6.88. The lowest BCUT2D eigenvalue weighted by Gasteiger charge is -2.06. The molecule has 0 atom stereocenters. The van der Waals surface area contributed by atoms with Gasteiger partial charge in [-0.25, -0.2) is 9.97 Å². The van der Waals surface area contributed by atoms with Crippen molar-refractivity contribution in [3.8, 4) is 6.07 Å². The second-order valence-corrected chi connectivity index (χ2v) is 4.22. The Morgan fingerprint density at radius 1 is 1.50 bits per heavy atom. The van der Waals surface area contributed by atoms with Crippen LogP contribution >= 0.6 is 11.8 Å². The first-order chi connectivity index (χ1) is 8.78. The maximum atomic E-state index is 9.16. The quantitative estimate of drug-likeness (QED) is 0.669. The Bertz CT molecular complexity index is 585. The molecule has 2 heterocycles. The summed E-state index contributed by atoms with van der Waals surface area (Å²) in [6.45, 7) is 2.81. The molecule has 0 saturated heterocycles. The molecular weight excluding hydrogens is 248 g/mol. The summed E-state index contributed by atoms with van der Waals surface area (Å²) in [6, 6.07) is 2.12. The minimum absolute atomic E-state index is 0.453. The van der Waals surface area contributed by atoms with Gasteiger partial charge in [-0.3, -0.25) is 4.68 Å². The molecule has 2 aromatic rings. The maximum Gasteiger partial charge on any atom is 0.153 e. The van der Waals surface area contributed by atoms with Crippen LogP contribution in [-0.2, 0) is 6.54 Å². The van der Waals surface area contributed by atoms with E-state index in [1.54, 1.807) is 10.9 Å². The van der Waals surface area contributed by atoms with Gasteiger partial charge in [0.15, 0.2) is 5.82 Å². The Labute approximate surface area is 109 Å². The van der Waals surface area contributed by atoms with Crippen molar-refractivity contribution in [3.63, 3.8) is 0 Å². The van der Waals surface area contributed by atoms with Crippen molar-refractivity contribution in [3.05, 3.63) is 24.3 Å². The van der Waals surface area contributed by atoms with Crippen molar-refractivity contribution >= 4 is 23.3 Å². The monoisotopic (exact) mass is 260 g/mol. The lowest BCUT2D eigenvalue weighted by Crippen LogP contribution is -1.99. The van der Waals surface area contributed by atoms with Crippen LogP contribution in [0, 0.1) is 11.3 Å². The summed E-state index contributed by atoms with van der Waals surface area (Å²) in [5.41, 5.74) is 1.26. The van der Waals surface area contributed by atoms with Gasteiger partial charge in [0.05, 0.1) is 11.9 Å². The Hall–Kier alpha value is -2.07. The van der Waals surface area contributed by atoms with Crippen molar-refractivity contribution in [1.29, 1.82) is 5.26 Å². The first kappa shape index (κ1) is 12.4. The van der Waals surface area contributed by atoms with Crippen LogP contribution in [0.3, 0.4) is 0 Å². The molecule has 2 aromatic heterocycles. The number of rotatable bonds is 4. The number of aryl methyl sites for hydroxylation is 1. The molecule has 0 aliphatic carbocycles. The predicted octanol–water partition coefficient (Wildman–Crippen LogP) is 2.03. The summed E-state index contributed by atoms with van der Waals surface area (Å²) in [7, 11) is 0. The topological polar surface area (TPSA) is 79.4 Å². The fourth-order valence-electron chi connectivity index (χ4n) is 1.46. The standard InChI is InChI=1S/C11H12N6S/c1-3-17-6-8(5-15-17)16-10-9(4-12)11(18-2)14-7-13-10/h5-7H,3H2,1-2H3,(H,13,14,16). The predicted molar refractivity (Wildman–Crippen MR) is 69.7 cm³/mol. The van der Waals surface area contributed by atoms with Crippen LogP contribution in [0.25, 0.3) is 0 Å². The molecule has 92 valence electrons. The Morgan fingerprint density at radius 3 is 2.94 bits per heavy atom. The molecule has 0 aliphatic heterocycles. The fraction of sp³-hybridized carbons (Fsp3) is 0.273. The molecule has 0 saturated carbocycles. The molecule has 1 N–H and O–H groups in total. The molecule has 0 aromatic carbocycles. The summed E-state index contributed by atoms with van der Waals surface area (Å²) >= 11 is 1.42. The highest BCUT2D eigenvalue weighted by Gasteiger charge is 2.11. The second-order valence-electron chi connectivity index (χ2n) is 3.43. The molecule has 0 fully saturated rings. The van der Waals surface area contributed by atoms with Gasteiger partial charge in [-0.05, 0) is 13.2 Å². The Kier molecular flexibility index (Phi) is 3.79. The number of thioether (sulfide) groups is 1. The SMILES string of the molecule is CCn1cc(Nc2ncnc(SC)c2C#N)cn1. The average molecular weight is 260 g/mol. The molecule has 0 spiro atoms. The molecule has 0 amide bonds. The van der Waals surface area contributed by atoms with E-state index >= 15 is 0 Å². The highest BCUT2D eigenvalue weighted by Crippen LogP contribution is 2.24. The van der Waals surface area contributed by atoms with Crippen LogP contribution in [0.4, 0.5) is 11.5 Å². The summed E-state index contributed by atoms with van der Waals surface area (Å²) < 4.78 is 1.80. The van der Waals surface area contributed by atoms with Crippen LogP contribution in [0.2, 0.25) is 0 Å². The molecule has 0 unspecified atom stereocenters. The minimum Gasteiger partial charge on any atom is -0.336 e. The van der Waals surface area contributed by atoms with Gasteiger partial charge in [-0.2, -0.15) is 10.4 Å². The van der Waals surface area contributed by atoms with Gasteiger partial charge in [0.2, 0.25) is 0 Å². The Balaban J connectivity index is 2.31. The van der Waals surface area contributed by atoms with Crippen molar-refractivity contribution in [2.24, 2.45) is 0 Å². The van der Waals surface area contributed by atoms with E-state index < -0.39 is 0 Å². The minimum atomic E-state index is 0.453. The fourth-order valence-corrected chi connectivity index (χ4v) is 1.96. The normalized spacial score (nSPS) is 10.1. The first-order valence-corrected chi connectivity index (χ1v) is 6.59. The zero-order chi connectivity index (χ0) is 13.0. The molecule has 18 heavy (non-hydrogen) atoms. The summed E-state index contributed by atoms with van der Waals surface area (Å²) in [5, 5.41) is 17.1. The van der Waals surface area contributed by atoms with E-state index in [9.17, 15) is 0 Å². The molecule has 0 radical (unpaired) electrons. The summed E-state index contributed by atoms with van der Waals surface area (Å²) in [5.74, 6) is 0.507. The second kappa shape index (κ2) is 5.51. The number of nitrogens with zero attached hydrogens (tertiary/aromatic N) is 5. The molecular formula is C11H12N6S. The van der Waals surface area contributed by atoms with E-state index in [2.05, 4.69) is 26.5 Å². The Morgan fingerprint density at radius 2 is 2.33 bits per heavy atom. The van der Waals surface area contributed by atoms with Gasteiger partial charge in [0.25, 0.3) is 0 Å². The highest BCUT2D eigenvalue weighted by molar-refractivity contribution is 7.98. The van der Waals surface area contributed by atoms with E-state index in [1.165, 1.54) is 18.1 Å². The van der Waals surface area contributed by atoms with E-state index in [4.69, 9.17) is 5.26 Å². The lowest BCUT2D eigenvalue weighted by molar-refractivity contribution is 0.660. The summed E-state index contributed by atoms with van der Waals surface area (Å²) in [4.78, 5) is 8.15. The van der Waals surface area contributed by atoms with Crippen molar-refractivity contribution in [2.45, 2.75) is 18.5 Å².